The van der Waals surface area contributed by atoms with Gasteiger partial charge in [-0.1, -0.05) is 24.4 Å². The molecule has 1 saturated carbocycles. The fourth-order valence-corrected chi connectivity index (χ4v) is 2.09. The molecule has 0 heterocycles. The van der Waals surface area contributed by atoms with Gasteiger partial charge in [0.1, 0.15) is 6.61 Å². The lowest BCUT2D eigenvalue weighted by Gasteiger charge is -2.09. The van der Waals surface area contributed by atoms with Crippen LogP contribution in [0.4, 0.5) is 0 Å². The maximum absolute atomic E-state index is 11.7. The summed E-state index contributed by atoms with van der Waals surface area (Å²) in [4.78, 5) is 11.7. The molecule has 1 aromatic rings. The fraction of sp³-hybridized carbons (Fsp3) is 0.462. The van der Waals surface area contributed by atoms with E-state index in [2.05, 4.69) is 0 Å². The largest absolute Gasteiger partial charge is 0.370 e. The van der Waals surface area contributed by atoms with Crippen LogP contribution in [-0.4, -0.2) is 18.5 Å². The molecule has 1 aromatic carbocycles. The van der Waals surface area contributed by atoms with Crippen LogP contribution < -0.4 is 0 Å². The van der Waals surface area contributed by atoms with Gasteiger partial charge in [0, 0.05) is 10.6 Å². The Balaban J connectivity index is 1.85. The summed E-state index contributed by atoms with van der Waals surface area (Å²) in [5, 5.41) is 0.647. The van der Waals surface area contributed by atoms with Crippen molar-refractivity contribution in [2.45, 2.75) is 31.8 Å². The van der Waals surface area contributed by atoms with E-state index in [1.54, 1.807) is 24.3 Å². The van der Waals surface area contributed by atoms with E-state index >= 15 is 0 Å². The third-order valence-electron chi connectivity index (χ3n) is 2.92. The van der Waals surface area contributed by atoms with E-state index in [4.69, 9.17) is 16.3 Å². The fourth-order valence-electron chi connectivity index (χ4n) is 1.97. The molecule has 0 saturated heterocycles. The molecule has 2 rings (SSSR count). The van der Waals surface area contributed by atoms with Crippen LogP contribution in [0, 0.1) is 0 Å². The van der Waals surface area contributed by atoms with Gasteiger partial charge in [0.15, 0.2) is 5.78 Å². The van der Waals surface area contributed by atoms with Crippen LogP contribution in [0.2, 0.25) is 5.02 Å². The molecule has 1 aliphatic rings. The Labute approximate surface area is 101 Å². The Morgan fingerprint density at radius 1 is 1.25 bits per heavy atom. The van der Waals surface area contributed by atoms with Crippen molar-refractivity contribution in [1.29, 1.82) is 0 Å². The number of Topliss-reactive ketones (excluding diaryl/α,β-unsaturated/α-hetero) is 1. The summed E-state index contributed by atoms with van der Waals surface area (Å²) in [6.45, 7) is 0.187. The Kier molecular flexibility index (Phi) is 3.97. The zero-order valence-electron chi connectivity index (χ0n) is 9.12. The van der Waals surface area contributed by atoms with Crippen LogP contribution in [0.15, 0.2) is 24.3 Å². The minimum atomic E-state index is 0.0311. The zero-order chi connectivity index (χ0) is 11.4. The normalized spacial score (nSPS) is 16.6. The lowest BCUT2D eigenvalue weighted by atomic mass is 10.1. The number of rotatable bonds is 4. The molecule has 0 atom stereocenters. The second-order valence-electron chi connectivity index (χ2n) is 4.15. The monoisotopic (exact) mass is 238 g/mol. The average Bonchev–Trinajstić information content (AvgIpc) is 2.80. The molecular weight excluding hydrogens is 224 g/mol. The van der Waals surface area contributed by atoms with Crippen LogP contribution in [0.5, 0.6) is 0 Å². The third kappa shape index (κ3) is 3.06. The van der Waals surface area contributed by atoms with Gasteiger partial charge in [-0.15, -0.1) is 0 Å². The number of carbonyl (C=O) groups is 1. The summed E-state index contributed by atoms with van der Waals surface area (Å²) >= 11 is 5.75. The minimum absolute atomic E-state index is 0.0311. The number of hydrogen-bond acceptors (Lipinski definition) is 2. The Morgan fingerprint density at radius 3 is 2.50 bits per heavy atom. The van der Waals surface area contributed by atoms with Crippen molar-refractivity contribution in [3.05, 3.63) is 34.9 Å². The maximum Gasteiger partial charge on any atom is 0.188 e. The standard InChI is InChI=1S/C13H15ClO2/c14-11-7-5-10(6-8-11)13(15)9-16-12-3-1-2-4-12/h5-8,12H,1-4,9H2. The molecule has 0 unspecified atom stereocenters. The van der Waals surface area contributed by atoms with Gasteiger partial charge in [0.2, 0.25) is 0 Å². The zero-order valence-corrected chi connectivity index (χ0v) is 9.87. The van der Waals surface area contributed by atoms with Crippen molar-refractivity contribution in [3.63, 3.8) is 0 Å². The van der Waals surface area contributed by atoms with E-state index in [0.29, 0.717) is 10.6 Å². The highest BCUT2D eigenvalue weighted by Gasteiger charge is 2.17. The highest BCUT2D eigenvalue weighted by atomic mass is 35.5. The first-order valence-corrected chi connectivity index (χ1v) is 6.04. The first-order valence-electron chi connectivity index (χ1n) is 5.66. The SMILES string of the molecule is O=C(COC1CCCC1)c1ccc(Cl)cc1. The van der Waals surface area contributed by atoms with E-state index in [1.165, 1.54) is 12.8 Å². The van der Waals surface area contributed by atoms with Gasteiger partial charge in [0.05, 0.1) is 6.10 Å². The van der Waals surface area contributed by atoms with Crippen molar-refractivity contribution in [3.8, 4) is 0 Å². The summed E-state index contributed by atoms with van der Waals surface area (Å²) in [7, 11) is 0. The molecule has 0 aromatic heterocycles. The molecule has 1 fully saturated rings. The Hall–Kier alpha value is -0.860. The molecule has 0 radical (unpaired) electrons. The van der Waals surface area contributed by atoms with E-state index in [-0.39, 0.29) is 18.5 Å². The second kappa shape index (κ2) is 5.46. The number of carbonyl (C=O) groups excluding carboxylic acids is 1. The van der Waals surface area contributed by atoms with Gasteiger partial charge in [0.25, 0.3) is 0 Å². The molecule has 2 nitrogen and oxygen atoms in total. The van der Waals surface area contributed by atoms with Gasteiger partial charge in [-0.05, 0) is 37.1 Å². The topological polar surface area (TPSA) is 26.3 Å². The number of ketones is 1. The van der Waals surface area contributed by atoms with Crippen molar-refractivity contribution in [1.82, 2.24) is 0 Å². The predicted molar refractivity (Wildman–Crippen MR) is 64.0 cm³/mol. The van der Waals surface area contributed by atoms with E-state index < -0.39 is 0 Å². The molecule has 0 N–H and O–H groups in total. The Bertz CT molecular complexity index is 353. The van der Waals surface area contributed by atoms with Crippen LogP contribution >= 0.6 is 11.6 Å². The van der Waals surface area contributed by atoms with Crippen molar-refractivity contribution >= 4 is 17.4 Å². The number of ether oxygens (including phenoxy) is 1. The van der Waals surface area contributed by atoms with Crippen LogP contribution in [0.25, 0.3) is 0 Å². The lowest BCUT2D eigenvalue weighted by Crippen LogP contribution is -2.15. The number of benzene rings is 1. The summed E-state index contributed by atoms with van der Waals surface area (Å²) in [6, 6.07) is 6.93. The summed E-state index contributed by atoms with van der Waals surface area (Å²) < 4.78 is 5.57. The van der Waals surface area contributed by atoms with Gasteiger partial charge >= 0.3 is 0 Å². The highest BCUT2D eigenvalue weighted by Crippen LogP contribution is 2.21. The van der Waals surface area contributed by atoms with Crippen molar-refractivity contribution in [2.75, 3.05) is 6.61 Å². The molecule has 3 heteroatoms. The van der Waals surface area contributed by atoms with Gasteiger partial charge in [-0.3, -0.25) is 4.79 Å². The quantitative estimate of drug-likeness (QED) is 0.751. The summed E-state index contributed by atoms with van der Waals surface area (Å²) in [6.07, 6.45) is 4.91. The third-order valence-corrected chi connectivity index (χ3v) is 3.17. The van der Waals surface area contributed by atoms with Crippen LogP contribution in [0.3, 0.4) is 0 Å². The summed E-state index contributed by atoms with van der Waals surface area (Å²) in [5.41, 5.74) is 0.669. The van der Waals surface area contributed by atoms with Crippen LogP contribution in [-0.2, 0) is 4.74 Å². The molecule has 86 valence electrons. The van der Waals surface area contributed by atoms with Gasteiger partial charge in [-0.2, -0.15) is 0 Å². The summed E-state index contributed by atoms with van der Waals surface area (Å²) in [5.74, 6) is 0.0311. The average molecular weight is 239 g/mol. The first-order chi connectivity index (χ1) is 7.75. The molecular formula is C13H15ClO2. The molecule has 0 bridgehead atoms. The smallest absolute Gasteiger partial charge is 0.188 e. The van der Waals surface area contributed by atoms with E-state index in [9.17, 15) is 4.79 Å². The van der Waals surface area contributed by atoms with Gasteiger partial charge < -0.3 is 4.74 Å². The highest BCUT2D eigenvalue weighted by molar-refractivity contribution is 6.30. The van der Waals surface area contributed by atoms with Gasteiger partial charge in [-0.25, -0.2) is 0 Å². The van der Waals surface area contributed by atoms with Crippen LogP contribution in [0.1, 0.15) is 36.0 Å². The molecule has 0 spiro atoms. The molecule has 0 aliphatic heterocycles. The molecule has 16 heavy (non-hydrogen) atoms. The lowest BCUT2D eigenvalue weighted by molar-refractivity contribution is 0.0482. The number of hydrogen-bond donors (Lipinski definition) is 0. The second-order valence-corrected chi connectivity index (χ2v) is 4.58. The molecule has 0 amide bonds. The Morgan fingerprint density at radius 2 is 1.88 bits per heavy atom. The minimum Gasteiger partial charge on any atom is -0.370 e. The predicted octanol–water partition coefficient (Wildman–Crippen LogP) is 3.48. The van der Waals surface area contributed by atoms with Crippen molar-refractivity contribution < 1.29 is 9.53 Å². The van der Waals surface area contributed by atoms with E-state index in [1.807, 2.05) is 0 Å². The van der Waals surface area contributed by atoms with E-state index in [0.717, 1.165) is 12.8 Å². The number of halogens is 1. The maximum atomic E-state index is 11.7. The first kappa shape index (κ1) is 11.6. The molecule has 1 aliphatic carbocycles. The van der Waals surface area contributed by atoms with Crippen molar-refractivity contribution in [2.24, 2.45) is 0 Å².